The minimum Gasteiger partial charge on any atom is -0.494 e. The Morgan fingerprint density at radius 2 is 1.96 bits per heavy atom. The zero-order valence-electron chi connectivity index (χ0n) is 16.6. The van der Waals surface area contributed by atoms with Crippen molar-refractivity contribution in [1.29, 1.82) is 0 Å². The highest BCUT2D eigenvalue weighted by Gasteiger charge is 2.05. The maximum absolute atomic E-state index is 13.8. The second-order valence-corrected chi connectivity index (χ2v) is 6.01. The van der Waals surface area contributed by atoms with E-state index < -0.39 is 5.82 Å². The van der Waals surface area contributed by atoms with E-state index in [0.717, 1.165) is 23.4 Å². The number of halogens is 1. The van der Waals surface area contributed by atoms with Crippen molar-refractivity contribution in [1.82, 2.24) is 5.32 Å². The van der Waals surface area contributed by atoms with E-state index in [4.69, 9.17) is 14.2 Å². The van der Waals surface area contributed by atoms with Crippen LogP contribution < -0.4 is 20.1 Å². The van der Waals surface area contributed by atoms with Crippen molar-refractivity contribution >= 4 is 11.6 Å². The summed E-state index contributed by atoms with van der Waals surface area (Å²) in [5, 5.41) is 6.43. The molecular weight excluding hydrogens is 361 g/mol. The Morgan fingerprint density at radius 3 is 2.68 bits per heavy atom. The minimum absolute atomic E-state index is 0.222. The standard InChI is InChI=1S/C21H28FN3O3/c1-4-23-21(24-15-16-9-10-20(27-3)19(22)13-16)25-17-7-5-8-18(14-17)28-12-6-11-26-2/h5,7-10,13-14H,4,6,11-12,15H2,1-3H3,(H2,23,24,25). The van der Waals surface area contributed by atoms with Crippen LogP contribution in [0.15, 0.2) is 47.5 Å². The monoisotopic (exact) mass is 389 g/mol. The Morgan fingerprint density at radius 1 is 1.11 bits per heavy atom. The maximum Gasteiger partial charge on any atom is 0.196 e. The van der Waals surface area contributed by atoms with Gasteiger partial charge < -0.3 is 24.8 Å². The molecule has 0 aromatic heterocycles. The van der Waals surface area contributed by atoms with Gasteiger partial charge in [0, 0.05) is 38.4 Å². The number of rotatable bonds is 10. The number of nitrogens with one attached hydrogen (secondary N) is 2. The summed E-state index contributed by atoms with van der Waals surface area (Å²) in [5.41, 5.74) is 1.61. The van der Waals surface area contributed by atoms with E-state index in [1.54, 1.807) is 19.2 Å². The quantitative estimate of drug-likeness (QED) is 0.367. The molecule has 0 unspecified atom stereocenters. The van der Waals surface area contributed by atoms with Crippen LogP contribution in [0.3, 0.4) is 0 Å². The molecule has 0 fully saturated rings. The van der Waals surface area contributed by atoms with Gasteiger partial charge >= 0.3 is 0 Å². The van der Waals surface area contributed by atoms with Gasteiger partial charge in [-0.25, -0.2) is 9.38 Å². The van der Waals surface area contributed by atoms with Crippen LogP contribution in [0, 0.1) is 5.82 Å². The van der Waals surface area contributed by atoms with Crippen molar-refractivity contribution < 1.29 is 18.6 Å². The van der Waals surface area contributed by atoms with Crippen molar-refractivity contribution in [2.45, 2.75) is 19.9 Å². The molecule has 0 amide bonds. The molecule has 0 radical (unpaired) electrons. The topological polar surface area (TPSA) is 64.1 Å². The van der Waals surface area contributed by atoms with Crippen LogP contribution in [0.1, 0.15) is 18.9 Å². The summed E-state index contributed by atoms with van der Waals surface area (Å²) in [7, 11) is 3.12. The number of hydrogen-bond donors (Lipinski definition) is 2. The van der Waals surface area contributed by atoms with Gasteiger partial charge in [0.25, 0.3) is 0 Å². The molecule has 0 aliphatic heterocycles. The second kappa shape index (κ2) is 11.8. The molecule has 0 atom stereocenters. The van der Waals surface area contributed by atoms with E-state index in [0.29, 0.717) is 32.3 Å². The second-order valence-electron chi connectivity index (χ2n) is 6.01. The highest BCUT2D eigenvalue weighted by molar-refractivity contribution is 5.93. The Bertz CT molecular complexity index is 768. The van der Waals surface area contributed by atoms with Crippen molar-refractivity contribution in [3.8, 4) is 11.5 Å². The first-order valence-electron chi connectivity index (χ1n) is 9.25. The van der Waals surface area contributed by atoms with E-state index in [-0.39, 0.29) is 5.75 Å². The van der Waals surface area contributed by atoms with Gasteiger partial charge in [0.15, 0.2) is 17.5 Å². The minimum atomic E-state index is -0.397. The van der Waals surface area contributed by atoms with E-state index in [1.165, 1.54) is 13.2 Å². The van der Waals surface area contributed by atoms with Crippen LogP contribution in [-0.4, -0.2) is 39.9 Å². The predicted octanol–water partition coefficient (Wildman–Crippen LogP) is 3.83. The molecule has 28 heavy (non-hydrogen) atoms. The molecule has 2 rings (SSSR count). The summed E-state index contributed by atoms with van der Waals surface area (Å²) in [6, 6.07) is 12.5. The van der Waals surface area contributed by atoms with Crippen LogP contribution in [0.2, 0.25) is 0 Å². The van der Waals surface area contributed by atoms with Crippen molar-refractivity contribution in [2.75, 3.05) is 39.3 Å². The van der Waals surface area contributed by atoms with Gasteiger partial charge in [-0.15, -0.1) is 0 Å². The molecule has 0 spiro atoms. The van der Waals surface area contributed by atoms with Gasteiger partial charge in [-0.2, -0.15) is 0 Å². The number of nitrogens with zero attached hydrogens (tertiary/aromatic N) is 1. The van der Waals surface area contributed by atoms with Crippen LogP contribution in [-0.2, 0) is 11.3 Å². The fourth-order valence-electron chi connectivity index (χ4n) is 2.48. The van der Waals surface area contributed by atoms with Crippen molar-refractivity contribution in [2.24, 2.45) is 4.99 Å². The van der Waals surface area contributed by atoms with Gasteiger partial charge in [-0.05, 0) is 36.8 Å². The molecule has 0 aliphatic carbocycles. The summed E-state index contributed by atoms with van der Waals surface area (Å²) in [6.45, 7) is 4.29. The summed E-state index contributed by atoms with van der Waals surface area (Å²) in [5.74, 6) is 1.20. The lowest BCUT2D eigenvalue weighted by molar-refractivity contribution is 0.172. The van der Waals surface area contributed by atoms with Gasteiger partial charge in [0.2, 0.25) is 0 Å². The number of anilines is 1. The molecule has 0 heterocycles. The summed E-state index contributed by atoms with van der Waals surface area (Å²) < 4.78 is 29.5. The highest BCUT2D eigenvalue weighted by Crippen LogP contribution is 2.19. The highest BCUT2D eigenvalue weighted by atomic mass is 19.1. The zero-order chi connectivity index (χ0) is 20.2. The first-order chi connectivity index (χ1) is 13.7. The fourth-order valence-corrected chi connectivity index (χ4v) is 2.48. The molecule has 0 saturated heterocycles. The van der Waals surface area contributed by atoms with Gasteiger partial charge in [-0.1, -0.05) is 12.1 Å². The number of benzene rings is 2. The van der Waals surface area contributed by atoms with Gasteiger partial charge in [-0.3, -0.25) is 0 Å². The maximum atomic E-state index is 13.8. The third kappa shape index (κ3) is 7.08. The largest absolute Gasteiger partial charge is 0.494 e. The predicted molar refractivity (Wildman–Crippen MR) is 110 cm³/mol. The average Bonchev–Trinajstić information content (AvgIpc) is 2.70. The molecule has 7 heteroatoms. The van der Waals surface area contributed by atoms with Crippen LogP contribution in [0.5, 0.6) is 11.5 Å². The first-order valence-corrected chi connectivity index (χ1v) is 9.25. The number of ether oxygens (including phenoxy) is 3. The SMILES string of the molecule is CCNC(=NCc1ccc(OC)c(F)c1)Nc1cccc(OCCCOC)c1. The number of hydrogen-bond acceptors (Lipinski definition) is 4. The Kier molecular flexibility index (Phi) is 9.07. The fraction of sp³-hybridized carbons (Fsp3) is 0.381. The lowest BCUT2D eigenvalue weighted by Crippen LogP contribution is -2.30. The first kappa shape index (κ1) is 21.5. The summed E-state index contributed by atoms with van der Waals surface area (Å²) in [4.78, 5) is 4.52. The van der Waals surface area contributed by atoms with Crippen molar-refractivity contribution in [3.05, 3.63) is 53.8 Å². The molecule has 0 saturated carbocycles. The lowest BCUT2D eigenvalue weighted by atomic mass is 10.2. The molecule has 2 aromatic carbocycles. The van der Waals surface area contributed by atoms with E-state index >= 15 is 0 Å². The van der Waals surface area contributed by atoms with E-state index in [1.807, 2.05) is 31.2 Å². The third-order valence-electron chi connectivity index (χ3n) is 3.84. The smallest absolute Gasteiger partial charge is 0.196 e. The van der Waals surface area contributed by atoms with E-state index in [9.17, 15) is 4.39 Å². The molecule has 2 N–H and O–H groups in total. The zero-order valence-corrected chi connectivity index (χ0v) is 16.6. The molecular formula is C21H28FN3O3. The Balaban J connectivity index is 2.01. The number of guanidine groups is 1. The normalized spacial score (nSPS) is 11.2. The van der Waals surface area contributed by atoms with E-state index in [2.05, 4.69) is 15.6 Å². The molecule has 152 valence electrons. The summed E-state index contributed by atoms with van der Waals surface area (Å²) in [6.07, 6.45) is 0.830. The van der Waals surface area contributed by atoms with Gasteiger partial charge in [0.05, 0.1) is 20.3 Å². The number of methoxy groups -OCH3 is 2. The third-order valence-corrected chi connectivity index (χ3v) is 3.84. The Hall–Kier alpha value is -2.80. The summed E-state index contributed by atoms with van der Waals surface area (Å²) >= 11 is 0. The number of aliphatic imine (C=N–C) groups is 1. The van der Waals surface area contributed by atoms with Crippen molar-refractivity contribution in [3.63, 3.8) is 0 Å². The molecule has 6 nitrogen and oxygen atoms in total. The lowest BCUT2D eigenvalue weighted by Gasteiger charge is -2.13. The molecule has 0 bridgehead atoms. The van der Waals surface area contributed by atoms with Crippen LogP contribution in [0.25, 0.3) is 0 Å². The molecule has 2 aromatic rings. The van der Waals surface area contributed by atoms with Gasteiger partial charge in [0.1, 0.15) is 5.75 Å². The Labute approximate surface area is 165 Å². The van der Waals surface area contributed by atoms with Crippen LogP contribution in [0.4, 0.5) is 10.1 Å². The van der Waals surface area contributed by atoms with Crippen LogP contribution >= 0.6 is 0 Å². The molecule has 0 aliphatic rings. The average molecular weight is 389 g/mol.